The molecule has 0 radical (unpaired) electrons. The van der Waals surface area contributed by atoms with Gasteiger partial charge in [0.2, 0.25) is 29.5 Å². The van der Waals surface area contributed by atoms with Gasteiger partial charge < -0.3 is 31.3 Å². The molecule has 4 atom stereocenters. The highest BCUT2D eigenvalue weighted by molar-refractivity contribution is 6.01. The van der Waals surface area contributed by atoms with Crippen LogP contribution >= 0.6 is 0 Å². The van der Waals surface area contributed by atoms with Crippen molar-refractivity contribution in [3.8, 4) is 0 Å². The molecule has 236 valence electrons. The Labute approximate surface area is 257 Å². The van der Waals surface area contributed by atoms with Gasteiger partial charge in [0.1, 0.15) is 24.2 Å². The molecule has 0 bridgehead atoms. The van der Waals surface area contributed by atoms with Gasteiger partial charge in [0.25, 0.3) is 0 Å². The van der Waals surface area contributed by atoms with E-state index >= 15 is 0 Å². The average molecular weight is 608 g/mol. The van der Waals surface area contributed by atoms with Crippen molar-refractivity contribution in [2.24, 2.45) is 11.7 Å². The summed E-state index contributed by atoms with van der Waals surface area (Å²) in [5.74, 6) is -4.57. The van der Waals surface area contributed by atoms with Crippen molar-refractivity contribution < 1.29 is 33.9 Å². The maximum absolute atomic E-state index is 13.7. The second-order valence-electron chi connectivity index (χ2n) is 11.4. The summed E-state index contributed by atoms with van der Waals surface area (Å²) in [5.41, 5.74) is 6.72. The Balaban J connectivity index is 1.90. The molecule has 2 aromatic rings. The fourth-order valence-corrected chi connectivity index (χ4v) is 5.45. The fraction of sp³-hybridized carbons (Fsp3) is 0.438. The molecule has 0 spiro atoms. The number of primary amides is 1. The van der Waals surface area contributed by atoms with Crippen molar-refractivity contribution in [3.63, 3.8) is 0 Å². The molecule has 0 aliphatic carbocycles. The molecule has 1 aliphatic rings. The number of carboxylic acids is 1. The van der Waals surface area contributed by atoms with Gasteiger partial charge in [0.15, 0.2) is 0 Å². The van der Waals surface area contributed by atoms with E-state index in [4.69, 9.17) is 5.73 Å². The van der Waals surface area contributed by atoms with E-state index in [1.54, 1.807) is 60.7 Å². The van der Waals surface area contributed by atoms with Crippen LogP contribution in [0.5, 0.6) is 0 Å². The van der Waals surface area contributed by atoms with Gasteiger partial charge >= 0.3 is 5.97 Å². The summed E-state index contributed by atoms with van der Waals surface area (Å²) < 4.78 is 0. The van der Waals surface area contributed by atoms with Crippen molar-refractivity contribution >= 4 is 41.2 Å². The first kappa shape index (κ1) is 33.8. The zero-order valence-corrected chi connectivity index (χ0v) is 25.3. The number of rotatable bonds is 14. The van der Waals surface area contributed by atoms with Crippen molar-refractivity contribution in [1.82, 2.24) is 15.5 Å². The molecular formula is C32H41N5O7. The summed E-state index contributed by atoms with van der Waals surface area (Å²) in [6.45, 7) is 5.36. The molecule has 12 heteroatoms. The van der Waals surface area contributed by atoms with Gasteiger partial charge in [-0.1, -0.05) is 62.4 Å². The zero-order chi connectivity index (χ0) is 32.4. The molecule has 1 heterocycles. The monoisotopic (exact) mass is 607 g/mol. The summed E-state index contributed by atoms with van der Waals surface area (Å²) in [5, 5.41) is 14.8. The number of para-hydroxylation sites is 1. The van der Waals surface area contributed by atoms with E-state index < -0.39 is 66.1 Å². The lowest BCUT2D eigenvalue weighted by Gasteiger charge is -2.33. The smallest absolute Gasteiger partial charge is 0.305 e. The zero-order valence-electron chi connectivity index (χ0n) is 25.3. The number of hydrogen-bond acceptors (Lipinski definition) is 6. The Morgan fingerprint density at radius 2 is 1.52 bits per heavy atom. The van der Waals surface area contributed by atoms with Gasteiger partial charge in [-0.15, -0.1) is 0 Å². The van der Waals surface area contributed by atoms with Gasteiger partial charge in [0, 0.05) is 25.6 Å². The third-order valence-corrected chi connectivity index (χ3v) is 7.46. The predicted molar refractivity (Wildman–Crippen MR) is 163 cm³/mol. The first-order chi connectivity index (χ1) is 20.9. The standard InChI is InChI=1S/C32H41N5O7/c1-20(2)17-27(37(21(3)38)23-13-8-5-9-14-23)31(43)34-24(19-28(39)40)30(42)35-25(18-22-11-6-4-7-12-22)32(44)36-16-10-15-26(36)29(33)41/h4-9,11-14,20,24-27H,10,15-19H2,1-3H3,(H2,33,41)(H,34,43)(H,35,42)(H,39,40)/t24-,25-,26+,27-/m0/s1. The Kier molecular flexibility index (Phi) is 12.0. The topological polar surface area (TPSA) is 179 Å². The SMILES string of the molecule is CC(=O)N(c1ccccc1)[C@@H](CC(C)C)C(=O)N[C@@H](CC(=O)O)C(=O)N[C@@H](Cc1ccccc1)C(=O)N1CCC[C@@H]1C(N)=O. The maximum Gasteiger partial charge on any atom is 0.305 e. The van der Waals surface area contributed by atoms with Crippen molar-refractivity contribution in [2.75, 3.05) is 11.4 Å². The van der Waals surface area contributed by atoms with E-state index in [0.717, 1.165) is 5.56 Å². The van der Waals surface area contributed by atoms with Crippen LogP contribution in [-0.2, 0) is 35.2 Å². The lowest BCUT2D eigenvalue weighted by molar-refractivity contribution is -0.143. The summed E-state index contributed by atoms with van der Waals surface area (Å²) in [4.78, 5) is 80.3. The lowest BCUT2D eigenvalue weighted by atomic mass is 9.99. The molecule has 0 aromatic heterocycles. The second-order valence-corrected chi connectivity index (χ2v) is 11.4. The van der Waals surface area contributed by atoms with Crippen LogP contribution in [-0.4, -0.2) is 76.2 Å². The highest BCUT2D eigenvalue weighted by Crippen LogP contribution is 2.22. The van der Waals surface area contributed by atoms with Crippen LogP contribution in [0, 0.1) is 5.92 Å². The van der Waals surface area contributed by atoms with E-state index in [2.05, 4.69) is 10.6 Å². The highest BCUT2D eigenvalue weighted by atomic mass is 16.4. The van der Waals surface area contributed by atoms with Crippen molar-refractivity contribution in [2.45, 2.75) is 77.0 Å². The Bertz CT molecular complexity index is 1340. The van der Waals surface area contributed by atoms with Gasteiger partial charge in [-0.25, -0.2) is 0 Å². The molecule has 1 saturated heterocycles. The van der Waals surface area contributed by atoms with Gasteiger partial charge in [-0.05, 0) is 42.9 Å². The van der Waals surface area contributed by atoms with Crippen LogP contribution in [0.3, 0.4) is 0 Å². The normalized spacial score (nSPS) is 16.5. The van der Waals surface area contributed by atoms with E-state index in [0.29, 0.717) is 18.5 Å². The molecule has 5 N–H and O–H groups in total. The number of benzene rings is 2. The number of carbonyl (C=O) groups excluding carboxylic acids is 5. The number of carbonyl (C=O) groups is 6. The minimum absolute atomic E-state index is 0.0328. The molecule has 0 unspecified atom stereocenters. The van der Waals surface area contributed by atoms with Crippen LogP contribution in [0.25, 0.3) is 0 Å². The number of hydrogen-bond donors (Lipinski definition) is 4. The molecule has 0 saturated carbocycles. The third kappa shape index (κ3) is 9.13. The van der Waals surface area contributed by atoms with E-state index in [-0.39, 0.29) is 25.3 Å². The number of nitrogens with two attached hydrogens (primary N) is 1. The number of carboxylic acid groups (broad SMARTS) is 1. The first-order valence-electron chi connectivity index (χ1n) is 14.7. The first-order valence-corrected chi connectivity index (χ1v) is 14.7. The van der Waals surface area contributed by atoms with Crippen LogP contribution in [0.4, 0.5) is 5.69 Å². The summed E-state index contributed by atoms with van der Waals surface area (Å²) in [6.07, 6.45) is 0.491. The van der Waals surface area contributed by atoms with Crippen LogP contribution in [0.1, 0.15) is 52.0 Å². The highest BCUT2D eigenvalue weighted by Gasteiger charge is 2.39. The molecule has 2 aromatic carbocycles. The fourth-order valence-electron chi connectivity index (χ4n) is 5.45. The number of nitrogens with zero attached hydrogens (tertiary/aromatic N) is 2. The Morgan fingerprint density at radius 1 is 0.932 bits per heavy atom. The summed E-state index contributed by atoms with van der Waals surface area (Å²) in [7, 11) is 0. The Morgan fingerprint density at radius 3 is 2.07 bits per heavy atom. The Hall–Kier alpha value is -4.74. The molecule has 5 amide bonds. The maximum atomic E-state index is 13.7. The number of aliphatic carboxylic acids is 1. The third-order valence-electron chi connectivity index (χ3n) is 7.46. The molecule has 3 rings (SSSR count). The quantitative estimate of drug-likeness (QED) is 0.252. The van der Waals surface area contributed by atoms with Crippen molar-refractivity contribution in [3.05, 3.63) is 66.2 Å². The number of likely N-dealkylation sites (tertiary alicyclic amines) is 1. The van der Waals surface area contributed by atoms with Crippen LogP contribution < -0.4 is 21.3 Å². The summed E-state index contributed by atoms with van der Waals surface area (Å²) >= 11 is 0. The van der Waals surface area contributed by atoms with E-state index in [9.17, 15) is 33.9 Å². The molecule has 44 heavy (non-hydrogen) atoms. The number of nitrogens with one attached hydrogen (secondary N) is 2. The molecule has 1 fully saturated rings. The minimum Gasteiger partial charge on any atom is -0.481 e. The van der Waals surface area contributed by atoms with Crippen molar-refractivity contribution in [1.29, 1.82) is 0 Å². The average Bonchev–Trinajstić information content (AvgIpc) is 3.47. The van der Waals surface area contributed by atoms with Gasteiger partial charge in [-0.2, -0.15) is 0 Å². The second kappa shape index (κ2) is 15.6. The predicted octanol–water partition coefficient (Wildman–Crippen LogP) is 1.62. The number of anilines is 1. The van der Waals surface area contributed by atoms with Crippen LogP contribution in [0.15, 0.2) is 60.7 Å². The number of amides is 5. The summed E-state index contributed by atoms with van der Waals surface area (Å²) in [6, 6.07) is 12.9. The van der Waals surface area contributed by atoms with E-state index in [1.165, 1.54) is 16.7 Å². The molecular weight excluding hydrogens is 566 g/mol. The largest absolute Gasteiger partial charge is 0.481 e. The van der Waals surface area contributed by atoms with Gasteiger partial charge in [0.05, 0.1) is 6.42 Å². The minimum atomic E-state index is -1.56. The van der Waals surface area contributed by atoms with Gasteiger partial charge in [-0.3, -0.25) is 28.8 Å². The molecule has 12 nitrogen and oxygen atoms in total. The van der Waals surface area contributed by atoms with Crippen LogP contribution in [0.2, 0.25) is 0 Å². The van der Waals surface area contributed by atoms with E-state index in [1.807, 2.05) is 13.8 Å². The molecule has 1 aliphatic heterocycles. The lowest BCUT2D eigenvalue weighted by Crippen LogP contribution is -2.59.